The van der Waals surface area contributed by atoms with Crippen LogP contribution >= 0.6 is 15.9 Å². The minimum Gasteiger partial charge on any atom is -0.496 e. The molecule has 1 rings (SSSR count). The number of methoxy groups -OCH3 is 1. The number of rotatable bonds is 5. The Labute approximate surface area is 122 Å². The maximum Gasteiger partial charge on any atom is 0.240 e. The van der Waals surface area contributed by atoms with Crippen molar-refractivity contribution in [2.24, 2.45) is 11.0 Å². The fourth-order valence-corrected chi connectivity index (χ4v) is 2.06. The van der Waals surface area contributed by atoms with E-state index in [-0.39, 0.29) is 5.91 Å². The van der Waals surface area contributed by atoms with Gasteiger partial charge in [0, 0.05) is 6.42 Å². The second-order valence-electron chi connectivity index (χ2n) is 4.68. The van der Waals surface area contributed by atoms with Crippen LogP contribution in [0.2, 0.25) is 0 Å². The molecule has 4 nitrogen and oxygen atoms in total. The summed E-state index contributed by atoms with van der Waals surface area (Å²) in [5.41, 5.74) is 4.24. The van der Waals surface area contributed by atoms with Gasteiger partial charge in [0.2, 0.25) is 5.91 Å². The number of benzene rings is 1. The summed E-state index contributed by atoms with van der Waals surface area (Å²) in [6.07, 6.45) is 0.475. The first-order chi connectivity index (χ1) is 8.93. The molecule has 1 amide bonds. The molecule has 1 aromatic carbocycles. The summed E-state index contributed by atoms with van der Waals surface area (Å²) < 4.78 is 6.02. The number of hydrazone groups is 1. The van der Waals surface area contributed by atoms with E-state index in [0.29, 0.717) is 12.3 Å². The third kappa shape index (κ3) is 5.03. The first-order valence-corrected chi connectivity index (χ1v) is 6.90. The van der Waals surface area contributed by atoms with Crippen LogP contribution in [0.4, 0.5) is 0 Å². The molecule has 0 spiro atoms. The van der Waals surface area contributed by atoms with Crippen molar-refractivity contribution >= 4 is 27.5 Å². The molecule has 0 unspecified atom stereocenters. The van der Waals surface area contributed by atoms with Gasteiger partial charge in [0.05, 0.1) is 17.3 Å². The number of amides is 1. The molecule has 0 saturated heterocycles. The Morgan fingerprint density at radius 1 is 1.47 bits per heavy atom. The summed E-state index contributed by atoms with van der Waals surface area (Å²) in [6.45, 7) is 5.84. The van der Waals surface area contributed by atoms with Crippen LogP contribution in [0.1, 0.15) is 32.8 Å². The number of hydrogen-bond donors (Lipinski definition) is 1. The Hall–Kier alpha value is -1.36. The highest BCUT2D eigenvalue weighted by atomic mass is 79.9. The minimum absolute atomic E-state index is 0.0677. The fraction of sp³-hybridized carbons (Fsp3) is 0.429. The second kappa shape index (κ2) is 7.28. The Bertz CT molecular complexity index is 484. The Kier molecular flexibility index (Phi) is 6.02. The van der Waals surface area contributed by atoms with Crippen molar-refractivity contribution in [3.63, 3.8) is 0 Å². The molecule has 5 heteroatoms. The molecular weight excluding hydrogens is 308 g/mol. The fourth-order valence-electron chi connectivity index (χ4n) is 1.52. The van der Waals surface area contributed by atoms with Gasteiger partial charge in [-0.25, -0.2) is 5.43 Å². The van der Waals surface area contributed by atoms with Crippen molar-refractivity contribution in [2.75, 3.05) is 7.11 Å². The third-order valence-corrected chi connectivity index (χ3v) is 3.13. The lowest BCUT2D eigenvalue weighted by Crippen LogP contribution is -2.20. The number of nitrogens with zero attached hydrogens (tertiary/aromatic N) is 1. The predicted molar refractivity (Wildman–Crippen MR) is 80.5 cm³/mol. The van der Waals surface area contributed by atoms with Crippen molar-refractivity contribution in [1.82, 2.24) is 5.43 Å². The molecule has 1 N–H and O–H groups in total. The largest absolute Gasteiger partial charge is 0.496 e. The van der Waals surface area contributed by atoms with Crippen LogP contribution < -0.4 is 10.2 Å². The quantitative estimate of drug-likeness (QED) is 0.666. The highest BCUT2D eigenvalue weighted by Gasteiger charge is 2.06. The van der Waals surface area contributed by atoms with Gasteiger partial charge in [0.1, 0.15) is 5.75 Å². The normalized spacial score (nSPS) is 11.6. The molecule has 0 aliphatic rings. The molecular formula is C14H19BrN2O2. The zero-order valence-electron chi connectivity index (χ0n) is 11.7. The van der Waals surface area contributed by atoms with E-state index < -0.39 is 0 Å². The third-order valence-electron chi connectivity index (χ3n) is 2.51. The van der Waals surface area contributed by atoms with E-state index in [0.717, 1.165) is 21.5 Å². The number of ether oxygens (including phenoxy) is 1. The zero-order valence-corrected chi connectivity index (χ0v) is 13.2. The van der Waals surface area contributed by atoms with Crippen molar-refractivity contribution < 1.29 is 9.53 Å². The molecule has 0 atom stereocenters. The summed E-state index contributed by atoms with van der Waals surface area (Å²) in [5.74, 6) is 1.02. The van der Waals surface area contributed by atoms with Gasteiger partial charge in [-0.05, 0) is 52.5 Å². The highest BCUT2D eigenvalue weighted by Crippen LogP contribution is 2.25. The van der Waals surface area contributed by atoms with Gasteiger partial charge in [-0.3, -0.25) is 4.79 Å². The lowest BCUT2D eigenvalue weighted by molar-refractivity contribution is -0.121. The average Bonchev–Trinajstić information content (AvgIpc) is 2.35. The molecule has 0 heterocycles. The van der Waals surface area contributed by atoms with Crippen molar-refractivity contribution in [3.8, 4) is 5.75 Å². The van der Waals surface area contributed by atoms with Gasteiger partial charge in [0.25, 0.3) is 0 Å². The minimum atomic E-state index is -0.0677. The van der Waals surface area contributed by atoms with E-state index >= 15 is 0 Å². The molecule has 0 aromatic heterocycles. The standard InChI is InChI=1S/C14H19BrN2O2/c1-9(2)7-14(18)17-16-10(3)11-5-6-13(19-4)12(15)8-11/h5-6,8-9H,7H2,1-4H3,(H,17,18)/b16-10-. The van der Waals surface area contributed by atoms with Crippen LogP contribution in [0.25, 0.3) is 0 Å². The number of carbonyl (C=O) groups is 1. The van der Waals surface area contributed by atoms with Gasteiger partial charge in [0.15, 0.2) is 0 Å². The van der Waals surface area contributed by atoms with Crippen LogP contribution in [0.5, 0.6) is 5.75 Å². The molecule has 0 bridgehead atoms. The van der Waals surface area contributed by atoms with Crippen molar-refractivity contribution in [1.29, 1.82) is 0 Å². The van der Waals surface area contributed by atoms with Crippen LogP contribution in [-0.4, -0.2) is 18.7 Å². The number of hydrogen-bond acceptors (Lipinski definition) is 3. The lowest BCUT2D eigenvalue weighted by Gasteiger charge is -2.07. The molecule has 0 fully saturated rings. The topological polar surface area (TPSA) is 50.7 Å². The summed E-state index contributed by atoms with van der Waals surface area (Å²) in [5, 5.41) is 4.10. The molecule has 0 aliphatic heterocycles. The monoisotopic (exact) mass is 326 g/mol. The van der Waals surface area contributed by atoms with Gasteiger partial charge in [-0.1, -0.05) is 13.8 Å². The van der Waals surface area contributed by atoms with E-state index in [9.17, 15) is 4.79 Å². The van der Waals surface area contributed by atoms with E-state index in [4.69, 9.17) is 4.74 Å². The van der Waals surface area contributed by atoms with Gasteiger partial charge in [-0.15, -0.1) is 0 Å². The van der Waals surface area contributed by atoms with Crippen molar-refractivity contribution in [2.45, 2.75) is 27.2 Å². The lowest BCUT2D eigenvalue weighted by atomic mass is 10.1. The van der Waals surface area contributed by atoms with Gasteiger partial charge < -0.3 is 4.74 Å². The van der Waals surface area contributed by atoms with Crippen LogP contribution in [-0.2, 0) is 4.79 Å². The molecule has 0 saturated carbocycles. The summed E-state index contributed by atoms with van der Waals surface area (Å²) in [6, 6.07) is 5.66. The first-order valence-electron chi connectivity index (χ1n) is 6.11. The summed E-state index contributed by atoms with van der Waals surface area (Å²) in [4.78, 5) is 11.5. The molecule has 0 aliphatic carbocycles. The number of nitrogens with one attached hydrogen (secondary N) is 1. The van der Waals surface area contributed by atoms with Crippen molar-refractivity contribution in [3.05, 3.63) is 28.2 Å². The van der Waals surface area contributed by atoms with Gasteiger partial charge >= 0.3 is 0 Å². The van der Waals surface area contributed by atoms with Gasteiger partial charge in [-0.2, -0.15) is 5.10 Å². The Morgan fingerprint density at radius 2 is 2.16 bits per heavy atom. The SMILES string of the molecule is COc1ccc(/C(C)=N\NC(=O)CC(C)C)cc1Br. The molecule has 1 aromatic rings. The predicted octanol–water partition coefficient (Wildman–Crippen LogP) is 3.34. The average molecular weight is 327 g/mol. The smallest absolute Gasteiger partial charge is 0.240 e. The van der Waals surface area contributed by atoms with E-state index in [2.05, 4.69) is 26.5 Å². The van der Waals surface area contributed by atoms with E-state index in [1.807, 2.05) is 39.0 Å². The highest BCUT2D eigenvalue weighted by molar-refractivity contribution is 9.10. The van der Waals surface area contributed by atoms with Crippen LogP contribution in [0.3, 0.4) is 0 Å². The van der Waals surface area contributed by atoms with E-state index in [1.165, 1.54) is 0 Å². The maximum atomic E-state index is 11.5. The molecule has 0 radical (unpaired) electrons. The number of carbonyl (C=O) groups excluding carboxylic acids is 1. The van der Waals surface area contributed by atoms with Crippen LogP contribution in [0.15, 0.2) is 27.8 Å². The van der Waals surface area contributed by atoms with E-state index in [1.54, 1.807) is 7.11 Å². The second-order valence-corrected chi connectivity index (χ2v) is 5.53. The molecule has 19 heavy (non-hydrogen) atoms. The Balaban J connectivity index is 2.74. The number of halogens is 1. The summed E-state index contributed by atoms with van der Waals surface area (Å²) >= 11 is 3.42. The van der Waals surface area contributed by atoms with Crippen LogP contribution in [0, 0.1) is 5.92 Å². The maximum absolute atomic E-state index is 11.5. The molecule has 104 valence electrons. The Morgan fingerprint density at radius 3 is 2.68 bits per heavy atom. The first kappa shape index (κ1) is 15.7. The zero-order chi connectivity index (χ0) is 14.4. The summed E-state index contributed by atoms with van der Waals surface area (Å²) in [7, 11) is 1.62.